The average Bonchev–Trinajstić information content (AvgIpc) is 3.36. The minimum absolute atomic E-state index is 0.00124. The topological polar surface area (TPSA) is 95.9 Å². The van der Waals surface area contributed by atoms with E-state index >= 15 is 0 Å². The first-order valence-corrected chi connectivity index (χ1v) is 30.9. The highest BCUT2D eigenvalue weighted by Gasteiger charge is 2.18. The molecule has 0 rings (SSSR count). The predicted octanol–water partition coefficient (Wildman–Crippen LogP) is 19.4. The van der Waals surface area contributed by atoms with Crippen LogP contribution in [0.1, 0.15) is 322 Å². The summed E-state index contributed by atoms with van der Waals surface area (Å²) in [6, 6.07) is -0.626. The molecular formula is C64H119NO5. The minimum atomic E-state index is -0.843. The molecule has 0 saturated heterocycles. The Kier molecular flexibility index (Phi) is 57.5. The average molecular weight is 983 g/mol. The molecule has 6 heteroatoms. The number of esters is 1. The van der Waals surface area contributed by atoms with Crippen LogP contribution in [0.2, 0.25) is 0 Å². The number of aliphatic hydroxyl groups excluding tert-OH is 2. The van der Waals surface area contributed by atoms with Gasteiger partial charge >= 0.3 is 5.97 Å². The van der Waals surface area contributed by atoms with Crippen molar-refractivity contribution in [1.82, 2.24) is 5.32 Å². The Morgan fingerprint density at radius 3 is 1.14 bits per heavy atom. The standard InChI is InChI=1S/C64H119NO5/c1-3-5-7-9-11-13-36-40-44-48-52-56-62(67)61(60-66)65-63(68)57-53-49-45-41-38-34-32-30-28-26-24-22-20-18-16-15-17-19-21-23-25-27-29-31-33-35-39-43-47-51-55-59-70-64(69)58-54-50-46-42-37-14-12-10-8-6-4-2/h10,12,17,19,23,25,52,56,61-62,66-67H,3-9,11,13-16,18,20-22,24,26-51,53-55,57-60H2,1-2H3,(H,65,68)/b12-10-,19-17-,25-23-,56-52+. The van der Waals surface area contributed by atoms with Crippen LogP contribution in [0.4, 0.5) is 0 Å². The van der Waals surface area contributed by atoms with E-state index in [1.54, 1.807) is 6.08 Å². The molecule has 0 aliphatic heterocycles. The van der Waals surface area contributed by atoms with Crippen LogP contribution in [-0.2, 0) is 14.3 Å². The second-order valence-corrected chi connectivity index (χ2v) is 21.0. The fraction of sp³-hybridized carbons (Fsp3) is 0.844. The van der Waals surface area contributed by atoms with Gasteiger partial charge in [0.15, 0.2) is 0 Å². The van der Waals surface area contributed by atoms with Crippen LogP contribution in [-0.4, -0.2) is 47.4 Å². The highest BCUT2D eigenvalue weighted by atomic mass is 16.5. The third-order valence-corrected chi connectivity index (χ3v) is 14.1. The van der Waals surface area contributed by atoms with Gasteiger partial charge in [0.25, 0.3) is 0 Å². The molecule has 0 aliphatic rings. The molecule has 0 aromatic rings. The van der Waals surface area contributed by atoms with E-state index in [9.17, 15) is 19.8 Å². The fourth-order valence-corrected chi connectivity index (χ4v) is 9.29. The molecule has 410 valence electrons. The molecule has 1 amide bonds. The van der Waals surface area contributed by atoms with Gasteiger partial charge in [0.2, 0.25) is 5.91 Å². The molecular weight excluding hydrogens is 863 g/mol. The molecule has 0 bridgehead atoms. The fourth-order valence-electron chi connectivity index (χ4n) is 9.29. The first kappa shape index (κ1) is 67.8. The molecule has 0 saturated carbocycles. The molecule has 0 radical (unpaired) electrons. The molecule has 0 aliphatic carbocycles. The van der Waals surface area contributed by atoms with E-state index in [1.807, 2.05) is 6.08 Å². The Morgan fingerprint density at radius 1 is 0.400 bits per heavy atom. The number of carbonyl (C=O) groups excluding carboxylic acids is 2. The van der Waals surface area contributed by atoms with Crippen LogP contribution >= 0.6 is 0 Å². The number of allylic oxidation sites excluding steroid dienone is 7. The lowest BCUT2D eigenvalue weighted by Crippen LogP contribution is -2.45. The van der Waals surface area contributed by atoms with Crippen LogP contribution in [0, 0.1) is 0 Å². The normalized spacial score (nSPS) is 12.9. The van der Waals surface area contributed by atoms with Crippen LogP contribution in [0.5, 0.6) is 0 Å². The first-order valence-electron chi connectivity index (χ1n) is 30.9. The van der Waals surface area contributed by atoms with Crippen LogP contribution in [0.15, 0.2) is 48.6 Å². The van der Waals surface area contributed by atoms with Crippen molar-refractivity contribution in [3.05, 3.63) is 48.6 Å². The van der Waals surface area contributed by atoms with Gasteiger partial charge < -0.3 is 20.3 Å². The number of nitrogens with one attached hydrogen (secondary N) is 1. The number of hydrogen-bond donors (Lipinski definition) is 3. The van der Waals surface area contributed by atoms with E-state index in [0.29, 0.717) is 19.4 Å². The van der Waals surface area contributed by atoms with Crippen molar-refractivity contribution in [2.45, 2.75) is 334 Å². The van der Waals surface area contributed by atoms with Gasteiger partial charge in [-0.25, -0.2) is 0 Å². The van der Waals surface area contributed by atoms with Gasteiger partial charge in [-0.1, -0.05) is 274 Å². The van der Waals surface area contributed by atoms with Crippen molar-refractivity contribution >= 4 is 11.9 Å². The molecule has 0 aromatic carbocycles. The number of carbonyl (C=O) groups is 2. The summed E-state index contributed by atoms with van der Waals surface area (Å²) >= 11 is 0. The molecule has 6 nitrogen and oxygen atoms in total. The second kappa shape index (κ2) is 59.4. The lowest BCUT2D eigenvalue weighted by molar-refractivity contribution is -0.143. The number of unbranched alkanes of at least 4 members (excludes halogenated alkanes) is 40. The van der Waals surface area contributed by atoms with E-state index in [0.717, 1.165) is 51.4 Å². The zero-order valence-electron chi connectivity index (χ0n) is 46.7. The maximum Gasteiger partial charge on any atom is 0.305 e. The maximum absolute atomic E-state index is 12.4. The van der Waals surface area contributed by atoms with E-state index in [1.165, 1.54) is 244 Å². The van der Waals surface area contributed by atoms with Gasteiger partial charge in [-0.2, -0.15) is 0 Å². The number of ether oxygens (including phenoxy) is 1. The van der Waals surface area contributed by atoms with Gasteiger partial charge in [-0.3, -0.25) is 9.59 Å². The van der Waals surface area contributed by atoms with Crippen molar-refractivity contribution < 1.29 is 24.5 Å². The van der Waals surface area contributed by atoms with Crippen LogP contribution in [0.25, 0.3) is 0 Å². The lowest BCUT2D eigenvalue weighted by Gasteiger charge is -2.20. The van der Waals surface area contributed by atoms with Crippen molar-refractivity contribution in [2.24, 2.45) is 0 Å². The quantitative estimate of drug-likeness (QED) is 0.0321. The van der Waals surface area contributed by atoms with E-state index < -0.39 is 12.1 Å². The SMILES string of the molecule is CCCC/C=C\CCCCCCCC(=O)OCCCCCCCCCCC/C=C\C/C=C\CCCCCCCCCCCCCCCCCC(=O)NC(CO)C(O)/C=C/CCCCCCCCCCC. The number of aliphatic hydroxyl groups is 2. The smallest absolute Gasteiger partial charge is 0.305 e. The number of rotatable bonds is 57. The van der Waals surface area contributed by atoms with Gasteiger partial charge in [0.1, 0.15) is 0 Å². The third-order valence-electron chi connectivity index (χ3n) is 14.1. The highest BCUT2D eigenvalue weighted by Crippen LogP contribution is 2.16. The second-order valence-electron chi connectivity index (χ2n) is 21.0. The maximum atomic E-state index is 12.4. The Balaban J connectivity index is 3.40. The Morgan fingerprint density at radius 2 is 0.729 bits per heavy atom. The van der Waals surface area contributed by atoms with Crippen molar-refractivity contribution in [3.8, 4) is 0 Å². The molecule has 0 fully saturated rings. The summed E-state index contributed by atoms with van der Waals surface area (Å²) in [5.74, 6) is -0.0672. The summed E-state index contributed by atoms with van der Waals surface area (Å²) in [4.78, 5) is 24.4. The number of hydrogen-bond acceptors (Lipinski definition) is 5. The molecule has 0 aromatic heterocycles. The summed E-state index contributed by atoms with van der Waals surface area (Å²) in [7, 11) is 0. The zero-order valence-corrected chi connectivity index (χ0v) is 46.7. The van der Waals surface area contributed by atoms with Crippen molar-refractivity contribution in [3.63, 3.8) is 0 Å². The van der Waals surface area contributed by atoms with Gasteiger partial charge in [0, 0.05) is 12.8 Å². The molecule has 0 heterocycles. The Bertz CT molecular complexity index is 1180. The van der Waals surface area contributed by atoms with Gasteiger partial charge in [-0.15, -0.1) is 0 Å². The van der Waals surface area contributed by atoms with Crippen molar-refractivity contribution in [1.29, 1.82) is 0 Å². The summed E-state index contributed by atoms with van der Waals surface area (Å²) in [6.07, 6.45) is 76.0. The van der Waals surface area contributed by atoms with Gasteiger partial charge in [0.05, 0.1) is 25.4 Å². The molecule has 0 spiro atoms. The minimum Gasteiger partial charge on any atom is -0.466 e. The summed E-state index contributed by atoms with van der Waals surface area (Å²) in [5.41, 5.74) is 0. The molecule has 2 unspecified atom stereocenters. The summed E-state index contributed by atoms with van der Waals surface area (Å²) in [6.45, 7) is 4.85. The highest BCUT2D eigenvalue weighted by molar-refractivity contribution is 5.76. The molecule has 3 N–H and O–H groups in total. The molecule has 2 atom stereocenters. The van der Waals surface area contributed by atoms with Crippen LogP contribution in [0.3, 0.4) is 0 Å². The monoisotopic (exact) mass is 982 g/mol. The van der Waals surface area contributed by atoms with E-state index in [2.05, 4.69) is 55.6 Å². The number of amides is 1. The summed E-state index contributed by atoms with van der Waals surface area (Å²) < 4.78 is 5.45. The van der Waals surface area contributed by atoms with Crippen molar-refractivity contribution in [2.75, 3.05) is 13.2 Å². The molecule has 70 heavy (non-hydrogen) atoms. The lowest BCUT2D eigenvalue weighted by atomic mass is 10.0. The van der Waals surface area contributed by atoms with Crippen LogP contribution < -0.4 is 5.32 Å². The first-order chi connectivity index (χ1) is 34.5. The zero-order chi connectivity index (χ0) is 50.7. The Hall–Kier alpha value is -2.18. The largest absolute Gasteiger partial charge is 0.466 e. The summed E-state index contributed by atoms with van der Waals surface area (Å²) in [5, 5.41) is 23.0. The predicted molar refractivity (Wildman–Crippen MR) is 306 cm³/mol. The Labute approximate surface area is 436 Å². The van der Waals surface area contributed by atoms with E-state index in [-0.39, 0.29) is 18.5 Å². The third kappa shape index (κ3) is 55.1. The van der Waals surface area contributed by atoms with Gasteiger partial charge in [-0.05, 0) is 83.5 Å². The van der Waals surface area contributed by atoms with E-state index in [4.69, 9.17) is 4.74 Å².